The van der Waals surface area contributed by atoms with Crippen LogP contribution in [0.1, 0.15) is 12.5 Å². The van der Waals surface area contributed by atoms with Gasteiger partial charge in [-0.1, -0.05) is 54.2 Å². The van der Waals surface area contributed by atoms with Crippen molar-refractivity contribution in [2.45, 2.75) is 6.92 Å². The number of thioether (sulfide) groups is 1. The van der Waals surface area contributed by atoms with Gasteiger partial charge in [0.25, 0.3) is 0 Å². The van der Waals surface area contributed by atoms with E-state index in [2.05, 4.69) is 0 Å². The molecule has 7 heteroatoms. The van der Waals surface area contributed by atoms with Gasteiger partial charge < -0.3 is 19.7 Å². The number of hydrogen-bond acceptors (Lipinski definition) is 7. The van der Waals surface area contributed by atoms with E-state index in [0.29, 0.717) is 26.9 Å². The Morgan fingerprint density at radius 1 is 1.09 bits per heavy atom. The summed E-state index contributed by atoms with van der Waals surface area (Å²) < 4.78 is 10.3. The molecule has 0 aromatic heterocycles. The van der Waals surface area contributed by atoms with E-state index in [4.69, 9.17) is 14.5 Å². The summed E-state index contributed by atoms with van der Waals surface area (Å²) in [7, 11) is 1.46. The number of aliphatic imine (C=N–C) groups is 1. The zero-order chi connectivity index (χ0) is 22.7. The first kappa shape index (κ1) is 21.5. The minimum absolute atomic E-state index is 0.0129. The Balaban J connectivity index is 1.81. The van der Waals surface area contributed by atoms with Crippen LogP contribution in [0.5, 0.6) is 11.5 Å². The highest BCUT2D eigenvalue weighted by Crippen LogP contribution is 2.41. The second-order valence-electron chi connectivity index (χ2n) is 6.90. The average Bonchev–Trinajstić information content (AvgIpc) is 3.10. The molecule has 1 aliphatic heterocycles. The summed E-state index contributed by atoms with van der Waals surface area (Å²) in [6.07, 6.45) is 1.70. The molecule has 0 atom stereocenters. The Kier molecular flexibility index (Phi) is 6.18. The first-order valence-corrected chi connectivity index (χ1v) is 10.8. The fraction of sp³-hybridized carbons (Fsp3) is 0.120. The van der Waals surface area contributed by atoms with Crippen molar-refractivity contribution in [3.8, 4) is 11.5 Å². The third-order valence-electron chi connectivity index (χ3n) is 4.86. The first-order chi connectivity index (χ1) is 15.5. The summed E-state index contributed by atoms with van der Waals surface area (Å²) in [5, 5.41) is 23.0. The lowest BCUT2D eigenvalue weighted by Crippen LogP contribution is -2.12. The summed E-state index contributed by atoms with van der Waals surface area (Å²) in [6, 6.07) is 18.4. The zero-order valence-electron chi connectivity index (χ0n) is 17.5. The standard InChI is InChI=1S/C25H21NO5S/c1-3-31-25(29)22-23(28)21(14-15-11-12-19(27)20(13-15)30-2)32-24(22)26-18-10-6-8-16-7-4-5-9-17(16)18/h4-14,27-28H,3H2,1-2H3/b21-14+,26-24?. The number of methoxy groups -OCH3 is 1. The number of nitrogens with zero attached hydrogens (tertiary/aromatic N) is 1. The van der Waals surface area contributed by atoms with E-state index in [1.165, 1.54) is 24.9 Å². The number of hydrogen-bond donors (Lipinski definition) is 2. The SMILES string of the molecule is CCOC(=O)C1=C(O)/C(=C\c2ccc(O)c(OC)c2)SC1=Nc1cccc2ccccc12. The molecule has 6 nitrogen and oxygen atoms in total. The second kappa shape index (κ2) is 9.20. The summed E-state index contributed by atoms with van der Waals surface area (Å²) >= 11 is 1.18. The molecule has 0 saturated heterocycles. The molecule has 0 saturated carbocycles. The molecule has 32 heavy (non-hydrogen) atoms. The molecular weight excluding hydrogens is 426 g/mol. The Morgan fingerprint density at radius 2 is 1.88 bits per heavy atom. The van der Waals surface area contributed by atoms with Gasteiger partial charge >= 0.3 is 5.97 Å². The van der Waals surface area contributed by atoms with Gasteiger partial charge in [-0.3, -0.25) is 0 Å². The van der Waals surface area contributed by atoms with Crippen LogP contribution in [0, 0.1) is 0 Å². The summed E-state index contributed by atoms with van der Waals surface area (Å²) in [5.74, 6) is -0.511. The maximum absolute atomic E-state index is 12.6. The number of rotatable bonds is 5. The van der Waals surface area contributed by atoms with Crippen LogP contribution >= 0.6 is 11.8 Å². The lowest BCUT2D eigenvalue weighted by molar-refractivity contribution is -0.138. The molecule has 162 valence electrons. The minimum Gasteiger partial charge on any atom is -0.506 e. The van der Waals surface area contributed by atoms with E-state index in [9.17, 15) is 15.0 Å². The van der Waals surface area contributed by atoms with Gasteiger partial charge in [-0.2, -0.15) is 0 Å². The maximum Gasteiger partial charge on any atom is 0.344 e. The van der Waals surface area contributed by atoms with Crippen molar-refractivity contribution in [2.24, 2.45) is 4.99 Å². The number of fused-ring (bicyclic) bond motifs is 1. The third-order valence-corrected chi connectivity index (χ3v) is 5.88. The third kappa shape index (κ3) is 4.20. The predicted octanol–water partition coefficient (Wildman–Crippen LogP) is 5.75. The fourth-order valence-electron chi connectivity index (χ4n) is 3.34. The summed E-state index contributed by atoms with van der Waals surface area (Å²) in [4.78, 5) is 17.8. The molecule has 0 aliphatic carbocycles. The molecular formula is C25H21NO5S. The Hall–Kier alpha value is -3.71. The van der Waals surface area contributed by atoms with E-state index < -0.39 is 5.97 Å². The van der Waals surface area contributed by atoms with Gasteiger partial charge in [0.15, 0.2) is 11.5 Å². The number of phenolic OH excluding ortho intramolecular Hbond substituents is 1. The molecule has 1 aliphatic rings. The van der Waals surface area contributed by atoms with E-state index in [-0.39, 0.29) is 23.7 Å². The van der Waals surface area contributed by atoms with Crippen molar-refractivity contribution >= 4 is 45.3 Å². The summed E-state index contributed by atoms with van der Waals surface area (Å²) in [5.41, 5.74) is 1.40. The largest absolute Gasteiger partial charge is 0.506 e. The van der Waals surface area contributed by atoms with E-state index in [1.807, 2.05) is 42.5 Å². The number of esters is 1. The van der Waals surface area contributed by atoms with Crippen LogP contribution in [0.15, 0.2) is 81.9 Å². The van der Waals surface area contributed by atoms with Gasteiger partial charge in [0.05, 0.1) is 24.3 Å². The van der Waals surface area contributed by atoms with E-state index in [0.717, 1.165) is 10.8 Å². The van der Waals surface area contributed by atoms with Crippen molar-refractivity contribution in [3.63, 3.8) is 0 Å². The molecule has 1 heterocycles. The smallest absolute Gasteiger partial charge is 0.344 e. The second-order valence-corrected chi connectivity index (χ2v) is 7.93. The van der Waals surface area contributed by atoms with Gasteiger partial charge in [0.2, 0.25) is 0 Å². The number of ether oxygens (including phenoxy) is 2. The van der Waals surface area contributed by atoms with Crippen LogP contribution in [0.25, 0.3) is 16.8 Å². The van der Waals surface area contributed by atoms with Gasteiger partial charge in [-0.25, -0.2) is 9.79 Å². The van der Waals surface area contributed by atoms with Crippen LogP contribution in [-0.2, 0) is 9.53 Å². The van der Waals surface area contributed by atoms with Crippen molar-refractivity contribution in [1.29, 1.82) is 0 Å². The van der Waals surface area contributed by atoms with Crippen molar-refractivity contribution in [3.05, 3.63) is 82.5 Å². The number of phenols is 1. The summed E-state index contributed by atoms with van der Waals surface area (Å²) in [6.45, 7) is 1.88. The monoisotopic (exact) mass is 447 g/mol. The molecule has 0 amide bonds. The molecule has 2 N–H and O–H groups in total. The number of carbonyl (C=O) groups is 1. The van der Waals surface area contributed by atoms with Gasteiger partial charge in [-0.15, -0.1) is 0 Å². The number of aliphatic hydroxyl groups excluding tert-OH is 1. The first-order valence-electron chi connectivity index (χ1n) is 9.96. The molecule has 0 fully saturated rings. The van der Waals surface area contributed by atoms with E-state index in [1.54, 1.807) is 25.1 Å². The van der Waals surface area contributed by atoms with Crippen LogP contribution in [0.3, 0.4) is 0 Å². The normalized spacial score (nSPS) is 16.2. The molecule has 4 rings (SSSR count). The molecule has 0 unspecified atom stereocenters. The van der Waals surface area contributed by atoms with Crippen LogP contribution in [0.4, 0.5) is 5.69 Å². The van der Waals surface area contributed by atoms with Crippen LogP contribution in [-0.4, -0.2) is 34.9 Å². The number of benzene rings is 3. The quantitative estimate of drug-likeness (QED) is 0.485. The number of carbonyl (C=O) groups excluding carboxylic acids is 1. The predicted molar refractivity (Wildman–Crippen MR) is 128 cm³/mol. The lowest BCUT2D eigenvalue weighted by Gasteiger charge is -2.06. The molecule has 3 aromatic rings. The van der Waals surface area contributed by atoms with E-state index >= 15 is 0 Å². The average molecular weight is 448 g/mol. The number of aliphatic hydroxyl groups is 1. The molecule has 0 bridgehead atoms. The topological polar surface area (TPSA) is 88.4 Å². The minimum atomic E-state index is -0.636. The van der Waals surface area contributed by atoms with Crippen molar-refractivity contribution in [2.75, 3.05) is 13.7 Å². The molecule has 0 spiro atoms. The van der Waals surface area contributed by atoms with Crippen LogP contribution in [0.2, 0.25) is 0 Å². The molecule has 0 radical (unpaired) electrons. The fourth-order valence-corrected chi connectivity index (χ4v) is 4.37. The number of aromatic hydroxyl groups is 1. The molecule has 3 aromatic carbocycles. The highest BCUT2D eigenvalue weighted by atomic mass is 32.2. The highest BCUT2D eigenvalue weighted by molar-refractivity contribution is 8.18. The lowest BCUT2D eigenvalue weighted by atomic mass is 10.1. The highest BCUT2D eigenvalue weighted by Gasteiger charge is 2.33. The Bertz CT molecular complexity index is 1290. The van der Waals surface area contributed by atoms with Gasteiger partial charge in [0.1, 0.15) is 16.4 Å². The van der Waals surface area contributed by atoms with Gasteiger partial charge in [0, 0.05) is 5.39 Å². The van der Waals surface area contributed by atoms with Crippen molar-refractivity contribution in [1.82, 2.24) is 0 Å². The van der Waals surface area contributed by atoms with Crippen molar-refractivity contribution < 1.29 is 24.5 Å². The Morgan fingerprint density at radius 3 is 2.66 bits per heavy atom. The zero-order valence-corrected chi connectivity index (χ0v) is 18.3. The van der Waals surface area contributed by atoms with Gasteiger partial charge in [-0.05, 0) is 42.1 Å². The maximum atomic E-state index is 12.6. The van der Waals surface area contributed by atoms with Crippen LogP contribution < -0.4 is 4.74 Å². The Labute approximate surface area is 189 Å².